The maximum absolute atomic E-state index is 13.0. The summed E-state index contributed by atoms with van der Waals surface area (Å²) in [5, 5.41) is 14.0. The fourth-order valence-corrected chi connectivity index (χ4v) is 9.22. The second kappa shape index (κ2) is 51.1. The highest BCUT2D eigenvalue weighted by Gasteiger charge is 2.28. The Morgan fingerprint density at radius 3 is 1.28 bits per heavy atom. The number of carbonyl (C=O) groups excluding carboxylic acids is 1. The van der Waals surface area contributed by atoms with E-state index in [2.05, 4.69) is 79.9 Å². The second-order valence-electron chi connectivity index (χ2n) is 21.0. The van der Waals surface area contributed by atoms with Crippen molar-refractivity contribution in [3.8, 4) is 0 Å². The summed E-state index contributed by atoms with van der Waals surface area (Å²) in [6.07, 6.45) is 68.6. The molecule has 8 nitrogen and oxygen atoms in total. The van der Waals surface area contributed by atoms with E-state index in [-0.39, 0.29) is 19.1 Å². The first-order valence-corrected chi connectivity index (χ1v) is 30.6. The predicted octanol–water partition coefficient (Wildman–Crippen LogP) is 17.7. The van der Waals surface area contributed by atoms with Crippen molar-refractivity contribution in [2.24, 2.45) is 0 Å². The maximum atomic E-state index is 13.0. The zero-order valence-electron chi connectivity index (χ0n) is 46.0. The lowest BCUT2D eigenvalue weighted by Gasteiger charge is -2.26. The molecule has 0 aromatic rings. The van der Waals surface area contributed by atoms with Crippen LogP contribution in [0.2, 0.25) is 0 Å². The molecule has 3 N–H and O–H groups in total. The Labute approximate surface area is 428 Å². The number of amides is 1. The minimum Gasteiger partial charge on any atom is -0.391 e. The Kier molecular flexibility index (Phi) is 49.8. The first kappa shape index (κ1) is 67.2. The van der Waals surface area contributed by atoms with E-state index in [0.29, 0.717) is 23.9 Å². The summed E-state index contributed by atoms with van der Waals surface area (Å²) in [6.45, 7) is 4.78. The van der Waals surface area contributed by atoms with Crippen LogP contribution in [0.15, 0.2) is 60.8 Å². The molecule has 0 spiro atoms. The average molecular weight is 991 g/mol. The summed E-state index contributed by atoms with van der Waals surface area (Å²) >= 11 is 0. The molecule has 0 aliphatic carbocycles. The van der Waals surface area contributed by atoms with Crippen LogP contribution in [0.4, 0.5) is 0 Å². The quantitative estimate of drug-likeness (QED) is 0.0243. The summed E-state index contributed by atoms with van der Waals surface area (Å²) in [5.74, 6) is -0.143. The van der Waals surface area contributed by atoms with Gasteiger partial charge in [0, 0.05) is 6.42 Å². The molecule has 0 aromatic heterocycles. The first-order valence-electron chi connectivity index (χ1n) is 29.2. The number of phosphoric ester groups is 1. The van der Waals surface area contributed by atoms with Crippen LogP contribution in [0.5, 0.6) is 0 Å². The van der Waals surface area contributed by atoms with Crippen LogP contribution in [0, 0.1) is 0 Å². The lowest BCUT2D eigenvalue weighted by molar-refractivity contribution is -0.870. The average Bonchev–Trinajstić information content (AvgIpc) is 3.31. The SMILES string of the molecule is CC/C=C\C/C=C\C/C=C\C/C=C\C/C=C\CCCCCCCCCCCCCCCCCCCCCC(=O)NC(COP(=O)(O)OCC[N+](C)(C)C)C(O)CCCCCCCCCCCCCC. The number of allylic oxidation sites excluding steroid dienone is 10. The van der Waals surface area contributed by atoms with Gasteiger partial charge in [-0.1, -0.05) is 261 Å². The molecular formula is C60H114N2O6P+. The van der Waals surface area contributed by atoms with E-state index in [1.807, 2.05) is 21.1 Å². The molecule has 3 unspecified atom stereocenters. The molecule has 0 rings (SSSR count). The summed E-state index contributed by atoms with van der Waals surface area (Å²) in [4.78, 5) is 23.3. The van der Waals surface area contributed by atoms with Crippen molar-refractivity contribution < 1.29 is 32.9 Å². The van der Waals surface area contributed by atoms with Crippen LogP contribution in [0.3, 0.4) is 0 Å². The van der Waals surface area contributed by atoms with Crippen LogP contribution in [-0.4, -0.2) is 73.4 Å². The van der Waals surface area contributed by atoms with Gasteiger partial charge in [-0.05, 0) is 57.8 Å². The van der Waals surface area contributed by atoms with Crippen molar-refractivity contribution in [1.29, 1.82) is 0 Å². The van der Waals surface area contributed by atoms with Crippen molar-refractivity contribution >= 4 is 13.7 Å². The molecule has 69 heavy (non-hydrogen) atoms. The highest BCUT2D eigenvalue weighted by Crippen LogP contribution is 2.43. The number of phosphoric acid groups is 1. The molecule has 3 atom stereocenters. The van der Waals surface area contributed by atoms with Gasteiger partial charge in [0.1, 0.15) is 13.2 Å². The third kappa shape index (κ3) is 53.8. The van der Waals surface area contributed by atoms with E-state index < -0.39 is 20.0 Å². The molecule has 1 amide bonds. The van der Waals surface area contributed by atoms with Gasteiger partial charge < -0.3 is 19.8 Å². The van der Waals surface area contributed by atoms with Gasteiger partial charge in [-0.3, -0.25) is 13.8 Å². The predicted molar refractivity (Wildman–Crippen MR) is 300 cm³/mol. The van der Waals surface area contributed by atoms with Crippen LogP contribution >= 0.6 is 7.82 Å². The molecule has 0 aromatic carbocycles. The zero-order valence-corrected chi connectivity index (χ0v) is 46.9. The molecular weight excluding hydrogens is 876 g/mol. The molecule has 0 heterocycles. The third-order valence-corrected chi connectivity index (χ3v) is 14.0. The molecule has 9 heteroatoms. The number of carbonyl (C=O) groups is 1. The number of likely N-dealkylation sites (N-methyl/N-ethyl adjacent to an activating group) is 1. The Morgan fingerprint density at radius 1 is 0.507 bits per heavy atom. The Bertz CT molecular complexity index is 1310. The van der Waals surface area contributed by atoms with E-state index in [4.69, 9.17) is 9.05 Å². The van der Waals surface area contributed by atoms with E-state index >= 15 is 0 Å². The summed E-state index contributed by atoms with van der Waals surface area (Å²) < 4.78 is 23.7. The van der Waals surface area contributed by atoms with Gasteiger partial charge >= 0.3 is 7.82 Å². The summed E-state index contributed by atoms with van der Waals surface area (Å²) in [5.41, 5.74) is 0. The Morgan fingerprint density at radius 2 is 0.870 bits per heavy atom. The molecule has 0 fully saturated rings. The second-order valence-corrected chi connectivity index (χ2v) is 22.4. The maximum Gasteiger partial charge on any atom is 0.472 e. The summed E-state index contributed by atoms with van der Waals surface area (Å²) in [6, 6.07) is -0.759. The van der Waals surface area contributed by atoms with Crippen LogP contribution in [-0.2, 0) is 18.4 Å². The molecule has 0 bridgehead atoms. The highest BCUT2D eigenvalue weighted by atomic mass is 31.2. The fourth-order valence-electron chi connectivity index (χ4n) is 8.49. The minimum absolute atomic E-state index is 0.0749. The molecule has 404 valence electrons. The van der Waals surface area contributed by atoms with Gasteiger partial charge in [-0.25, -0.2) is 4.57 Å². The van der Waals surface area contributed by atoms with Gasteiger partial charge in [-0.2, -0.15) is 0 Å². The summed E-state index contributed by atoms with van der Waals surface area (Å²) in [7, 11) is 1.62. The van der Waals surface area contributed by atoms with Crippen LogP contribution in [0.1, 0.15) is 264 Å². The molecule has 0 aliphatic heterocycles. The molecule has 0 saturated carbocycles. The molecule has 0 aliphatic rings. The van der Waals surface area contributed by atoms with Crippen molar-refractivity contribution in [1.82, 2.24) is 5.32 Å². The van der Waals surface area contributed by atoms with Crippen molar-refractivity contribution in [3.05, 3.63) is 60.8 Å². The van der Waals surface area contributed by atoms with E-state index in [1.54, 1.807) is 0 Å². The van der Waals surface area contributed by atoms with Crippen molar-refractivity contribution in [2.45, 2.75) is 276 Å². The standard InChI is InChI=1S/C60H113N2O6P/c1-6-8-10-12-14-16-18-20-21-22-23-24-25-26-27-28-29-30-31-32-33-34-35-36-37-38-39-40-41-42-44-46-48-50-52-54-60(64)61-58(57-68-69(65,66)67-56-55-62(3,4)5)59(63)53-51-49-47-45-43-19-17-15-13-11-9-7-2/h8,10,14,16,20-21,23-24,26-27,58-59,63H,6-7,9,11-13,15,17-19,22,25,28-57H2,1-5H3,(H-,61,64,65,66)/p+1/b10-8-,16-14-,21-20-,24-23-,27-26-. The van der Waals surface area contributed by atoms with E-state index in [1.165, 1.54) is 167 Å². The number of hydrogen-bond donors (Lipinski definition) is 3. The number of quaternary nitrogens is 1. The zero-order chi connectivity index (χ0) is 50.6. The normalized spacial score (nSPS) is 14.4. The van der Waals surface area contributed by atoms with Gasteiger partial charge in [0.2, 0.25) is 5.91 Å². The molecule has 0 saturated heterocycles. The van der Waals surface area contributed by atoms with Crippen molar-refractivity contribution in [2.75, 3.05) is 40.9 Å². The van der Waals surface area contributed by atoms with Gasteiger partial charge in [0.05, 0.1) is 39.9 Å². The number of rotatable bonds is 53. The highest BCUT2D eigenvalue weighted by molar-refractivity contribution is 7.47. The van der Waals surface area contributed by atoms with Crippen molar-refractivity contribution in [3.63, 3.8) is 0 Å². The topological polar surface area (TPSA) is 105 Å². The first-order chi connectivity index (χ1) is 33.5. The Balaban J connectivity index is 3.95. The van der Waals surface area contributed by atoms with Gasteiger partial charge in [0.15, 0.2) is 0 Å². The monoisotopic (exact) mass is 990 g/mol. The van der Waals surface area contributed by atoms with E-state index in [9.17, 15) is 19.4 Å². The number of nitrogens with zero attached hydrogens (tertiary/aromatic N) is 1. The minimum atomic E-state index is -4.32. The lowest BCUT2D eigenvalue weighted by atomic mass is 10.0. The third-order valence-electron chi connectivity index (χ3n) is 13.0. The smallest absolute Gasteiger partial charge is 0.391 e. The fraction of sp³-hybridized carbons (Fsp3) is 0.817. The van der Waals surface area contributed by atoms with Gasteiger partial charge in [0.25, 0.3) is 0 Å². The lowest BCUT2D eigenvalue weighted by Crippen LogP contribution is -2.46. The Hall–Kier alpha value is -1.80. The van der Waals surface area contributed by atoms with E-state index in [0.717, 1.165) is 70.6 Å². The van der Waals surface area contributed by atoms with Crippen LogP contribution in [0.25, 0.3) is 0 Å². The number of unbranched alkanes of at least 4 members (excludes halogenated alkanes) is 30. The van der Waals surface area contributed by atoms with Crippen LogP contribution < -0.4 is 5.32 Å². The number of aliphatic hydroxyl groups is 1. The number of nitrogens with one attached hydrogen (secondary N) is 1. The molecule has 0 radical (unpaired) electrons. The van der Waals surface area contributed by atoms with Gasteiger partial charge in [-0.15, -0.1) is 0 Å². The largest absolute Gasteiger partial charge is 0.472 e. The number of aliphatic hydroxyl groups excluding tert-OH is 1. The number of hydrogen-bond acceptors (Lipinski definition) is 5.